The number of hydrogen-bond donors (Lipinski definition) is 0. The highest BCUT2D eigenvalue weighted by atomic mass is 35.5. The third-order valence-electron chi connectivity index (χ3n) is 5.82. The Morgan fingerprint density at radius 3 is 2.47 bits per heavy atom. The van der Waals surface area contributed by atoms with Gasteiger partial charge in [0.05, 0.1) is 5.92 Å². The van der Waals surface area contributed by atoms with Crippen LogP contribution in [0.1, 0.15) is 93.2 Å². The van der Waals surface area contributed by atoms with E-state index < -0.39 is 5.60 Å². The van der Waals surface area contributed by atoms with E-state index in [9.17, 15) is 9.59 Å². The Balaban J connectivity index is 1.87. The number of imidazole rings is 1. The maximum Gasteiger partial charge on any atom is 0.314 e. The first-order valence-electron chi connectivity index (χ1n) is 11.4. The summed E-state index contributed by atoms with van der Waals surface area (Å²) in [4.78, 5) is 29.0. The molecule has 2 aromatic rings. The average molecular weight is 457 g/mol. The van der Waals surface area contributed by atoms with Gasteiger partial charge in [-0.05, 0) is 63.2 Å². The number of halogens is 1. The molecular weight excluding hydrogens is 424 g/mol. The smallest absolute Gasteiger partial charge is 0.314 e. The fourth-order valence-corrected chi connectivity index (χ4v) is 4.58. The van der Waals surface area contributed by atoms with Crippen LogP contribution in [0.3, 0.4) is 0 Å². The number of ether oxygens (including phenoxy) is 1. The van der Waals surface area contributed by atoms with Crippen LogP contribution >= 0.6 is 11.6 Å². The number of hydrogen-bond acceptors (Lipinski definition) is 4. The summed E-state index contributed by atoms with van der Waals surface area (Å²) in [6.07, 6.45) is 9.89. The molecule has 0 radical (unpaired) electrons. The summed E-state index contributed by atoms with van der Waals surface area (Å²) < 4.78 is 7.58. The summed E-state index contributed by atoms with van der Waals surface area (Å²) in [5, 5.41) is 0.207. The number of benzene rings is 1. The highest BCUT2D eigenvalue weighted by Gasteiger charge is 2.35. The van der Waals surface area contributed by atoms with E-state index in [1.807, 2.05) is 68.7 Å². The molecule has 1 aliphatic carbocycles. The topological polar surface area (TPSA) is 61.2 Å². The Labute approximate surface area is 195 Å². The van der Waals surface area contributed by atoms with Gasteiger partial charge in [-0.3, -0.25) is 9.59 Å². The number of esters is 1. The van der Waals surface area contributed by atoms with Crippen molar-refractivity contribution in [2.45, 2.75) is 77.9 Å². The quantitative estimate of drug-likeness (QED) is 0.339. The van der Waals surface area contributed by atoms with Gasteiger partial charge in [-0.1, -0.05) is 61.7 Å². The van der Waals surface area contributed by atoms with Crippen LogP contribution in [0.5, 0.6) is 0 Å². The first kappa shape index (κ1) is 24.2. The number of carbonyl (C=O) groups is 2. The SMILES string of the molecule is CC/C=C/c1nc(Cl)c(C=O)n1Cc1ccc(C(C(=O)OC(C)(C)C)C2CCCC2)cc1. The Morgan fingerprint density at radius 1 is 1.25 bits per heavy atom. The van der Waals surface area contributed by atoms with Crippen molar-refractivity contribution in [3.8, 4) is 0 Å². The van der Waals surface area contributed by atoms with Crippen LogP contribution in [0.25, 0.3) is 6.08 Å². The minimum absolute atomic E-state index is 0.145. The lowest BCUT2D eigenvalue weighted by atomic mass is 9.84. The summed E-state index contributed by atoms with van der Waals surface area (Å²) in [7, 11) is 0. The molecule has 6 heteroatoms. The molecule has 0 aliphatic heterocycles. The van der Waals surface area contributed by atoms with Gasteiger partial charge in [0.2, 0.25) is 0 Å². The lowest BCUT2D eigenvalue weighted by Crippen LogP contribution is -2.30. The molecule has 1 aromatic carbocycles. The number of rotatable bonds is 8. The van der Waals surface area contributed by atoms with Crippen LogP contribution < -0.4 is 0 Å². The number of nitrogens with zero attached hydrogens (tertiary/aromatic N) is 2. The molecule has 172 valence electrons. The van der Waals surface area contributed by atoms with E-state index in [1.54, 1.807) is 0 Å². The maximum atomic E-state index is 13.1. The average Bonchev–Trinajstić information content (AvgIpc) is 3.34. The summed E-state index contributed by atoms with van der Waals surface area (Å²) in [5.74, 6) is 0.576. The van der Waals surface area contributed by atoms with Crippen molar-refractivity contribution < 1.29 is 14.3 Å². The molecule has 0 saturated heterocycles. The molecule has 0 spiro atoms. The van der Waals surface area contributed by atoms with Crippen molar-refractivity contribution >= 4 is 29.9 Å². The second kappa shape index (κ2) is 10.5. The normalized spacial score (nSPS) is 15.9. The van der Waals surface area contributed by atoms with Gasteiger partial charge in [0.15, 0.2) is 11.4 Å². The first-order chi connectivity index (χ1) is 15.2. The molecule has 0 N–H and O–H groups in total. The maximum absolute atomic E-state index is 13.1. The van der Waals surface area contributed by atoms with E-state index in [2.05, 4.69) is 4.98 Å². The minimum Gasteiger partial charge on any atom is -0.459 e. The van der Waals surface area contributed by atoms with E-state index in [-0.39, 0.29) is 17.0 Å². The monoisotopic (exact) mass is 456 g/mol. The summed E-state index contributed by atoms with van der Waals surface area (Å²) >= 11 is 6.17. The number of allylic oxidation sites excluding steroid dienone is 1. The van der Waals surface area contributed by atoms with Crippen molar-refractivity contribution in [3.63, 3.8) is 0 Å². The van der Waals surface area contributed by atoms with Crippen molar-refractivity contribution in [2.75, 3.05) is 0 Å². The molecular formula is C26H33ClN2O3. The van der Waals surface area contributed by atoms with Gasteiger partial charge in [-0.25, -0.2) is 4.98 Å². The molecule has 0 amide bonds. The van der Waals surface area contributed by atoms with Crippen molar-refractivity contribution in [2.24, 2.45) is 5.92 Å². The fourth-order valence-electron chi connectivity index (χ4n) is 4.35. The van der Waals surface area contributed by atoms with E-state index >= 15 is 0 Å². The second-order valence-electron chi connectivity index (χ2n) is 9.46. The Hall–Kier alpha value is -2.40. The Bertz CT molecular complexity index is 964. The molecule has 5 nitrogen and oxygen atoms in total. The fraction of sp³-hybridized carbons (Fsp3) is 0.500. The molecule has 1 aromatic heterocycles. The van der Waals surface area contributed by atoms with Crippen LogP contribution in [-0.4, -0.2) is 27.4 Å². The van der Waals surface area contributed by atoms with Gasteiger partial charge in [0, 0.05) is 6.54 Å². The zero-order chi connectivity index (χ0) is 23.3. The highest BCUT2D eigenvalue weighted by Crippen LogP contribution is 2.39. The molecule has 1 saturated carbocycles. The van der Waals surface area contributed by atoms with Crippen LogP contribution in [-0.2, 0) is 16.1 Å². The third kappa shape index (κ3) is 5.89. The minimum atomic E-state index is -0.512. The van der Waals surface area contributed by atoms with Gasteiger partial charge in [0.1, 0.15) is 17.1 Å². The zero-order valence-corrected chi connectivity index (χ0v) is 20.2. The largest absolute Gasteiger partial charge is 0.459 e. The van der Waals surface area contributed by atoms with Crippen LogP contribution in [0.4, 0.5) is 0 Å². The third-order valence-corrected chi connectivity index (χ3v) is 6.10. The summed E-state index contributed by atoms with van der Waals surface area (Å²) in [6, 6.07) is 8.06. The molecule has 32 heavy (non-hydrogen) atoms. The lowest BCUT2D eigenvalue weighted by molar-refractivity contribution is -0.158. The van der Waals surface area contributed by atoms with E-state index in [1.165, 1.54) is 0 Å². The molecule has 1 aliphatic rings. The van der Waals surface area contributed by atoms with Crippen molar-refractivity contribution in [1.82, 2.24) is 9.55 Å². The molecule has 1 heterocycles. The summed E-state index contributed by atoms with van der Waals surface area (Å²) in [5.41, 5.74) is 1.85. The molecule has 1 atom stereocenters. The number of aldehydes is 1. The molecule has 1 unspecified atom stereocenters. The standard InChI is InChI=1S/C26H33ClN2O3/c1-5-6-11-22-28-24(27)21(17-30)29(22)16-18-12-14-20(15-13-18)23(19-9-7-8-10-19)25(31)32-26(2,3)4/h6,11-15,17,19,23H,5,7-10,16H2,1-4H3/b11-6+. The van der Waals surface area contributed by atoms with E-state index in [4.69, 9.17) is 16.3 Å². The zero-order valence-electron chi connectivity index (χ0n) is 19.4. The summed E-state index contributed by atoms with van der Waals surface area (Å²) in [6.45, 7) is 8.23. The van der Waals surface area contributed by atoms with Crippen LogP contribution in [0, 0.1) is 5.92 Å². The van der Waals surface area contributed by atoms with Crippen LogP contribution in [0.2, 0.25) is 5.15 Å². The van der Waals surface area contributed by atoms with Gasteiger partial charge in [-0.2, -0.15) is 0 Å². The first-order valence-corrected chi connectivity index (χ1v) is 11.8. The van der Waals surface area contributed by atoms with E-state index in [0.717, 1.165) is 49.5 Å². The molecule has 3 rings (SSSR count). The Kier molecular flexibility index (Phi) is 7.94. The van der Waals surface area contributed by atoms with Gasteiger partial charge in [0.25, 0.3) is 0 Å². The number of carbonyl (C=O) groups excluding carboxylic acids is 2. The highest BCUT2D eigenvalue weighted by molar-refractivity contribution is 6.31. The van der Waals surface area contributed by atoms with Crippen molar-refractivity contribution in [3.05, 3.63) is 58.1 Å². The van der Waals surface area contributed by atoms with E-state index in [0.29, 0.717) is 24.0 Å². The number of aromatic nitrogens is 2. The predicted molar refractivity (Wildman–Crippen MR) is 128 cm³/mol. The van der Waals surface area contributed by atoms with Gasteiger partial charge in [-0.15, -0.1) is 0 Å². The predicted octanol–water partition coefficient (Wildman–Crippen LogP) is 6.44. The van der Waals surface area contributed by atoms with Crippen LogP contribution in [0.15, 0.2) is 30.3 Å². The van der Waals surface area contributed by atoms with Gasteiger partial charge < -0.3 is 9.30 Å². The molecule has 0 bridgehead atoms. The van der Waals surface area contributed by atoms with Gasteiger partial charge >= 0.3 is 5.97 Å². The lowest BCUT2D eigenvalue weighted by Gasteiger charge is -2.27. The Morgan fingerprint density at radius 2 is 1.91 bits per heavy atom. The second-order valence-corrected chi connectivity index (χ2v) is 9.82. The van der Waals surface area contributed by atoms with Crippen molar-refractivity contribution in [1.29, 1.82) is 0 Å². The molecule has 1 fully saturated rings.